The van der Waals surface area contributed by atoms with Crippen LogP contribution in [0.3, 0.4) is 0 Å². The Morgan fingerprint density at radius 1 is 1.19 bits per heavy atom. The molecule has 0 radical (unpaired) electrons. The summed E-state index contributed by atoms with van der Waals surface area (Å²) in [6.45, 7) is 6.04. The molecular formula is C34H42ClFN10OS. The van der Waals surface area contributed by atoms with Crippen LogP contribution in [0.2, 0.25) is 5.02 Å². The molecule has 0 bridgehead atoms. The SMILES string of the molecule is C[C@H](N)CCCc1cc(Cl)c(F)c(-c2cc3cn(-c4ccc([C@H](C)NCC[C@@H](CNCc5nccs5)NC(=N)N)cc4)c(=O)nc3[nH]2)c1. The Morgan fingerprint density at radius 2 is 1.98 bits per heavy atom. The highest BCUT2D eigenvalue weighted by molar-refractivity contribution is 7.09. The highest BCUT2D eigenvalue weighted by Crippen LogP contribution is 2.31. The number of aromatic amines is 1. The number of H-pyrrole nitrogens is 1. The fourth-order valence-corrected chi connectivity index (χ4v) is 6.42. The second-order valence-corrected chi connectivity index (χ2v) is 13.4. The number of hydrogen-bond donors (Lipinski definition) is 7. The van der Waals surface area contributed by atoms with E-state index in [0.29, 0.717) is 47.6 Å². The van der Waals surface area contributed by atoms with Gasteiger partial charge in [0.15, 0.2) is 11.8 Å². The van der Waals surface area contributed by atoms with Gasteiger partial charge in [0.1, 0.15) is 10.7 Å². The number of aryl methyl sites for hydroxylation is 1. The Bertz CT molecular complexity index is 1870. The molecule has 0 saturated heterocycles. The number of thiazole rings is 1. The second-order valence-electron chi connectivity index (χ2n) is 12.1. The number of fused-ring (bicyclic) bond motifs is 1. The molecule has 3 heterocycles. The molecule has 5 aromatic rings. The monoisotopic (exact) mass is 692 g/mol. The maximum absolute atomic E-state index is 15.2. The van der Waals surface area contributed by atoms with Gasteiger partial charge in [-0.3, -0.25) is 9.98 Å². The summed E-state index contributed by atoms with van der Waals surface area (Å²) in [6.07, 6.45) is 6.69. The number of guanidine groups is 1. The molecule has 0 aliphatic heterocycles. The van der Waals surface area contributed by atoms with E-state index in [4.69, 9.17) is 28.5 Å². The lowest BCUT2D eigenvalue weighted by Gasteiger charge is -2.21. The van der Waals surface area contributed by atoms with Gasteiger partial charge in [-0.15, -0.1) is 11.3 Å². The van der Waals surface area contributed by atoms with Gasteiger partial charge in [-0.05, 0) is 87.5 Å². The Kier molecular flexibility index (Phi) is 12.0. The smallest absolute Gasteiger partial charge is 0.354 e. The van der Waals surface area contributed by atoms with Crippen molar-refractivity contribution in [1.29, 1.82) is 5.41 Å². The molecule has 48 heavy (non-hydrogen) atoms. The summed E-state index contributed by atoms with van der Waals surface area (Å²) in [4.78, 5) is 24.7. The number of nitrogens with two attached hydrogens (primary N) is 2. The summed E-state index contributed by atoms with van der Waals surface area (Å²) in [5, 5.41) is 21.2. The minimum Gasteiger partial charge on any atom is -0.370 e. The van der Waals surface area contributed by atoms with Crippen molar-refractivity contribution in [3.8, 4) is 16.9 Å². The van der Waals surface area contributed by atoms with E-state index in [2.05, 4.69) is 37.8 Å². The lowest BCUT2D eigenvalue weighted by atomic mass is 10.0. The zero-order chi connectivity index (χ0) is 34.2. The van der Waals surface area contributed by atoms with E-state index in [1.165, 1.54) is 4.57 Å². The Hall–Kier alpha value is -4.14. The first-order valence-corrected chi connectivity index (χ1v) is 17.2. The number of nitrogens with one attached hydrogen (secondary N) is 5. The van der Waals surface area contributed by atoms with E-state index >= 15 is 4.39 Å². The van der Waals surface area contributed by atoms with Gasteiger partial charge >= 0.3 is 5.69 Å². The van der Waals surface area contributed by atoms with Crippen LogP contribution in [0, 0.1) is 11.2 Å². The van der Waals surface area contributed by atoms with E-state index in [9.17, 15) is 4.79 Å². The summed E-state index contributed by atoms with van der Waals surface area (Å²) in [5.74, 6) is -0.588. The molecule has 5 rings (SSSR count). The van der Waals surface area contributed by atoms with Gasteiger partial charge in [-0.1, -0.05) is 23.7 Å². The summed E-state index contributed by atoms with van der Waals surface area (Å²) in [6, 6.07) is 13.0. The molecule has 3 aromatic heterocycles. The minimum atomic E-state index is -0.526. The molecule has 0 saturated carbocycles. The van der Waals surface area contributed by atoms with Gasteiger partial charge in [-0.2, -0.15) is 4.98 Å². The Balaban J connectivity index is 1.23. The van der Waals surface area contributed by atoms with Gasteiger partial charge in [0.05, 0.1) is 16.4 Å². The highest BCUT2D eigenvalue weighted by atomic mass is 35.5. The molecule has 0 fully saturated rings. The van der Waals surface area contributed by atoms with Gasteiger partial charge in [0.2, 0.25) is 0 Å². The number of rotatable bonds is 16. The molecular weight excluding hydrogens is 651 g/mol. The van der Waals surface area contributed by atoms with Crippen LogP contribution in [0.5, 0.6) is 0 Å². The van der Waals surface area contributed by atoms with Crippen molar-refractivity contribution < 1.29 is 4.39 Å². The average molecular weight is 693 g/mol. The molecule has 0 amide bonds. The van der Waals surface area contributed by atoms with Crippen LogP contribution in [0.4, 0.5) is 4.39 Å². The lowest BCUT2D eigenvalue weighted by Crippen LogP contribution is -2.46. The van der Waals surface area contributed by atoms with Crippen LogP contribution >= 0.6 is 22.9 Å². The normalized spacial score (nSPS) is 13.4. The van der Waals surface area contributed by atoms with Crippen LogP contribution in [0.25, 0.3) is 28.0 Å². The molecule has 0 spiro atoms. The third-order valence-corrected chi connectivity index (χ3v) is 9.19. The maximum atomic E-state index is 15.2. The molecule has 0 aliphatic carbocycles. The fourth-order valence-electron chi connectivity index (χ4n) is 5.59. The van der Waals surface area contributed by atoms with Gasteiger partial charge in [-0.25, -0.2) is 14.2 Å². The van der Waals surface area contributed by atoms with Crippen molar-refractivity contribution in [2.45, 2.75) is 64.2 Å². The molecule has 0 unspecified atom stereocenters. The largest absolute Gasteiger partial charge is 0.370 e. The Morgan fingerprint density at radius 3 is 2.69 bits per heavy atom. The number of benzene rings is 2. The summed E-state index contributed by atoms with van der Waals surface area (Å²) >= 11 is 7.86. The van der Waals surface area contributed by atoms with Crippen molar-refractivity contribution in [2.24, 2.45) is 11.5 Å². The third kappa shape index (κ3) is 9.26. The summed E-state index contributed by atoms with van der Waals surface area (Å²) in [7, 11) is 0. The van der Waals surface area contributed by atoms with Crippen LogP contribution in [-0.4, -0.2) is 50.7 Å². The van der Waals surface area contributed by atoms with Gasteiger partial charge in [0, 0.05) is 59.9 Å². The van der Waals surface area contributed by atoms with Crippen molar-refractivity contribution in [3.05, 3.63) is 97.7 Å². The molecule has 0 aliphatic rings. The van der Waals surface area contributed by atoms with Gasteiger partial charge in [0.25, 0.3) is 0 Å². The topological polar surface area (TPSA) is 176 Å². The fraction of sp³-hybridized carbons (Fsp3) is 0.353. The molecule has 254 valence electrons. The van der Waals surface area contributed by atoms with E-state index in [0.717, 1.165) is 41.8 Å². The predicted molar refractivity (Wildman–Crippen MR) is 192 cm³/mol. The first-order chi connectivity index (χ1) is 23.1. The van der Waals surface area contributed by atoms with E-state index in [1.807, 2.05) is 36.6 Å². The second kappa shape index (κ2) is 16.3. The van der Waals surface area contributed by atoms with E-state index < -0.39 is 11.5 Å². The van der Waals surface area contributed by atoms with Crippen LogP contribution in [0.15, 0.2) is 65.0 Å². The van der Waals surface area contributed by atoms with Crippen molar-refractivity contribution >= 4 is 39.9 Å². The number of nitrogens with zero attached hydrogens (tertiary/aromatic N) is 3. The quantitative estimate of drug-likeness (QED) is 0.0560. The number of halogens is 2. The van der Waals surface area contributed by atoms with Crippen LogP contribution in [-0.2, 0) is 13.0 Å². The molecule has 2 aromatic carbocycles. The Labute approximate surface area is 287 Å². The molecule has 11 nitrogen and oxygen atoms in total. The molecule has 9 N–H and O–H groups in total. The first kappa shape index (κ1) is 35.2. The number of hydrogen-bond acceptors (Lipinski definition) is 8. The van der Waals surface area contributed by atoms with E-state index in [-0.39, 0.29) is 29.1 Å². The maximum Gasteiger partial charge on any atom is 0.354 e. The lowest BCUT2D eigenvalue weighted by molar-refractivity contribution is 0.465. The van der Waals surface area contributed by atoms with Crippen LogP contribution in [0.1, 0.15) is 55.3 Å². The standard InChI is InChI=1S/C34H42ClFN10OS/c1-20(37)4-3-5-22-14-27(31(36)28(35)15-22)29-16-24-19-46(34(47)45-32(24)44-29)26-8-6-23(7-9-26)21(2)41-11-10-25(43-33(38)39)17-40-18-30-42-12-13-48-30/h6-9,12-16,19-21,25,40-41H,3-5,10-11,17-18,37H2,1-2H3,(H4,38,39,43)(H,44,45,47)/t20-,21-,25-/m0/s1. The minimum absolute atomic E-state index is 0.0181. The molecule has 3 atom stereocenters. The van der Waals surface area contributed by atoms with E-state index in [1.54, 1.807) is 41.9 Å². The first-order valence-electron chi connectivity index (χ1n) is 16.0. The highest BCUT2D eigenvalue weighted by Gasteiger charge is 2.16. The van der Waals surface area contributed by atoms with Crippen molar-refractivity contribution in [1.82, 2.24) is 35.5 Å². The third-order valence-electron chi connectivity index (χ3n) is 8.14. The number of aromatic nitrogens is 4. The van der Waals surface area contributed by atoms with Crippen molar-refractivity contribution in [2.75, 3.05) is 13.1 Å². The van der Waals surface area contributed by atoms with Gasteiger partial charge < -0.3 is 32.4 Å². The predicted octanol–water partition coefficient (Wildman–Crippen LogP) is 4.98. The molecule has 14 heteroatoms. The zero-order valence-electron chi connectivity index (χ0n) is 27.0. The summed E-state index contributed by atoms with van der Waals surface area (Å²) in [5.41, 5.74) is 14.9. The summed E-state index contributed by atoms with van der Waals surface area (Å²) < 4.78 is 16.6. The van der Waals surface area contributed by atoms with Crippen molar-refractivity contribution in [3.63, 3.8) is 0 Å². The average Bonchev–Trinajstić information content (AvgIpc) is 3.71. The zero-order valence-corrected chi connectivity index (χ0v) is 28.6. The van der Waals surface area contributed by atoms with Crippen LogP contribution < -0.4 is 33.1 Å².